The van der Waals surface area contributed by atoms with Gasteiger partial charge in [-0.1, -0.05) is 88.4 Å². The van der Waals surface area contributed by atoms with Gasteiger partial charge in [-0.2, -0.15) is 0 Å². The number of rotatable bonds is 6. The van der Waals surface area contributed by atoms with E-state index in [1.807, 2.05) is 0 Å². The molecule has 2 heteroatoms. The lowest BCUT2D eigenvalue weighted by Gasteiger charge is -2.46. The normalized spacial score (nSPS) is 16.9. The van der Waals surface area contributed by atoms with Crippen LogP contribution >= 0.6 is 0 Å². The number of hydrogen-bond acceptors (Lipinski definition) is 2. The lowest BCUT2D eigenvalue weighted by atomic mass is 9.95. The number of hydrogen-bond donors (Lipinski definition) is 0. The van der Waals surface area contributed by atoms with Crippen molar-refractivity contribution in [2.75, 3.05) is 29.4 Å². The third-order valence-electron chi connectivity index (χ3n) is 6.58. The molecule has 1 heterocycles. The molecule has 0 bridgehead atoms. The molecule has 4 rings (SSSR count). The zero-order valence-corrected chi connectivity index (χ0v) is 19.5. The summed E-state index contributed by atoms with van der Waals surface area (Å²) in [6, 6.07) is 29.4. The van der Waals surface area contributed by atoms with Gasteiger partial charge in [0.1, 0.15) is 0 Å². The van der Waals surface area contributed by atoms with E-state index in [-0.39, 0.29) is 0 Å². The minimum absolute atomic E-state index is 0.501. The van der Waals surface area contributed by atoms with Gasteiger partial charge in [0, 0.05) is 37.1 Å². The van der Waals surface area contributed by atoms with Crippen molar-refractivity contribution in [2.45, 2.75) is 46.1 Å². The van der Waals surface area contributed by atoms with Gasteiger partial charge in [0.2, 0.25) is 0 Å². The second-order valence-corrected chi connectivity index (χ2v) is 9.50. The van der Waals surface area contributed by atoms with E-state index in [4.69, 9.17) is 0 Å². The Morgan fingerprint density at radius 1 is 0.774 bits per heavy atom. The molecular weight excluding hydrogens is 376 g/mol. The highest BCUT2D eigenvalue weighted by Crippen LogP contribution is 2.32. The van der Waals surface area contributed by atoms with Crippen LogP contribution in [0.4, 0.5) is 11.4 Å². The van der Waals surface area contributed by atoms with Crippen LogP contribution in [0.15, 0.2) is 78.9 Å². The summed E-state index contributed by atoms with van der Waals surface area (Å²) >= 11 is 0. The lowest BCUT2D eigenvalue weighted by Crippen LogP contribution is -2.55. The van der Waals surface area contributed by atoms with Gasteiger partial charge >= 0.3 is 0 Å². The predicted molar refractivity (Wildman–Crippen MR) is 134 cm³/mol. The van der Waals surface area contributed by atoms with E-state index < -0.39 is 0 Å². The minimum atomic E-state index is 0.501. The number of benzene rings is 3. The first kappa shape index (κ1) is 21.5. The Kier molecular flexibility index (Phi) is 6.65. The quantitative estimate of drug-likeness (QED) is 0.442. The van der Waals surface area contributed by atoms with E-state index in [2.05, 4.69) is 116 Å². The van der Waals surface area contributed by atoms with E-state index in [0.29, 0.717) is 17.9 Å². The van der Waals surface area contributed by atoms with Gasteiger partial charge in [-0.15, -0.1) is 0 Å². The summed E-state index contributed by atoms with van der Waals surface area (Å²) in [5.41, 5.74) is 7.00. The van der Waals surface area contributed by atoms with Crippen LogP contribution in [0.1, 0.15) is 50.3 Å². The van der Waals surface area contributed by atoms with Gasteiger partial charge in [0.25, 0.3) is 0 Å². The van der Waals surface area contributed by atoms with Crippen molar-refractivity contribution in [1.82, 2.24) is 0 Å². The topological polar surface area (TPSA) is 6.48 Å². The van der Waals surface area contributed by atoms with Gasteiger partial charge in [-0.25, -0.2) is 0 Å². The number of nitrogens with zero attached hydrogens (tertiary/aromatic N) is 2. The van der Waals surface area contributed by atoms with Crippen molar-refractivity contribution in [1.29, 1.82) is 0 Å². The molecule has 1 saturated heterocycles. The first-order valence-corrected chi connectivity index (χ1v) is 11.8. The van der Waals surface area contributed by atoms with Crippen LogP contribution in [0.5, 0.6) is 0 Å². The van der Waals surface area contributed by atoms with Crippen molar-refractivity contribution in [2.24, 2.45) is 5.92 Å². The molecule has 2 nitrogen and oxygen atoms in total. The Balaban J connectivity index is 1.56. The Labute approximate surface area is 188 Å². The zero-order chi connectivity index (χ0) is 21.8. The van der Waals surface area contributed by atoms with Crippen molar-refractivity contribution in [3.8, 4) is 0 Å². The molecule has 0 N–H and O–H groups in total. The van der Waals surface area contributed by atoms with Gasteiger partial charge in [0.15, 0.2) is 0 Å². The van der Waals surface area contributed by atoms with Gasteiger partial charge in [0.05, 0.1) is 0 Å². The molecule has 1 atom stereocenters. The first-order valence-electron chi connectivity index (χ1n) is 11.8. The molecule has 0 amide bonds. The smallest absolute Gasteiger partial charge is 0.0488 e. The number of anilines is 2. The van der Waals surface area contributed by atoms with E-state index in [0.717, 1.165) is 26.1 Å². The highest BCUT2D eigenvalue weighted by atomic mass is 15.3. The maximum absolute atomic E-state index is 2.65. The average molecular weight is 413 g/mol. The molecule has 31 heavy (non-hydrogen) atoms. The lowest BCUT2D eigenvalue weighted by molar-refractivity contribution is 0.418. The molecule has 1 unspecified atom stereocenters. The Hall–Kier alpha value is -2.74. The molecule has 0 saturated carbocycles. The highest BCUT2D eigenvalue weighted by molar-refractivity contribution is 5.58. The van der Waals surface area contributed by atoms with Crippen LogP contribution in [0.25, 0.3) is 0 Å². The molecule has 3 aromatic carbocycles. The fraction of sp³-hybridized carbons (Fsp3) is 0.379. The van der Waals surface area contributed by atoms with Crippen LogP contribution in [-0.2, 0) is 6.42 Å². The van der Waals surface area contributed by atoms with Crippen LogP contribution < -0.4 is 9.80 Å². The molecule has 1 fully saturated rings. The summed E-state index contributed by atoms with van der Waals surface area (Å²) in [6.07, 6.45) is 0.989. The molecule has 0 aliphatic carbocycles. The second kappa shape index (κ2) is 9.60. The van der Waals surface area contributed by atoms with Gasteiger partial charge < -0.3 is 9.80 Å². The molecule has 162 valence electrons. The largest absolute Gasteiger partial charge is 0.367 e. The van der Waals surface area contributed by atoms with E-state index in [9.17, 15) is 0 Å². The zero-order valence-electron chi connectivity index (χ0n) is 19.5. The van der Waals surface area contributed by atoms with Gasteiger partial charge in [-0.05, 0) is 53.1 Å². The Morgan fingerprint density at radius 2 is 1.48 bits per heavy atom. The maximum atomic E-state index is 2.65. The SMILES string of the molecule is CC(C)c1ccccc1N1CCN(c2cccc(Cc3ccccc3)c2)C(C(C)C)C1. The highest BCUT2D eigenvalue weighted by Gasteiger charge is 2.30. The molecule has 0 spiro atoms. The number of piperazine rings is 1. The molecule has 3 aromatic rings. The summed E-state index contributed by atoms with van der Waals surface area (Å²) in [7, 11) is 0. The summed E-state index contributed by atoms with van der Waals surface area (Å²) < 4.78 is 0. The third kappa shape index (κ3) is 4.95. The summed E-state index contributed by atoms with van der Waals surface area (Å²) in [4.78, 5) is 5.26. The van der Waals surface area contributed by atoms with E-state index in [1.165, 1.54) is 28.1 Å². The fourth-order valence-corrected chi connectivity index (χ4v) is 4.86. The summed E-state index contributed by atoms with van der Waals surface area (Å²) in [6.45, 7) is 12.5. The average Bonchev–Trinajstić information content (AvgIpc) is 2.79. The Bertz CT molecular complexity index is 977. The van der Waals surface area contributed by atoms with E-state index in [1.54, 1.807) is 0 Å². The van der Waals surface area contributed by atoms with Crippen LogP contribution in [-0.4, -0.2) is 25.7 Å². The van der Waals surface area contributed by atoms with E-state index >= 15 is 0 Å². The predicted octanol–water partition coefficient (Wildman–Crippen LogP) is 6.75. The van der Waals surface area contributed by atoms with Crippen molar-refractivity contribution in [3.05, 3.63) is 95.6 Å². The fourth-order valence-electron chi connectivity index (χ4n) is 4.86. The maximum Gasteiger partial charge on any atom is 0.0488 e. The Morgan fingerprint density at radius 3 is 2.23 bits per heavy atom. The molecule has 1 aliphatic rings. The van der Waals surface area contributed by atoms with Crippen molar-refractivity contribution in [3.63, 3.8) is 0 Å². The second-order valence-electron chi connectivity index (χ2n) is 9.50. The summed E-state index contributed by atoms with van der Waals surface area (Å²) in [5.74, 6) is 1.13. The number of para-hydroxylation sites is 1. The molecule has 0 aromatic heterocycles. The third-order valence-corrected chi connectivity index (χ3v) is 6.58. The molecule has 1 aliphatic heterocycles. The van der Waals surface area contributed by atoms with Crippen molar-refractivity contribution < 1.29 is 0 Å². The monoisotopic (exact) mass is 412 g/mol. The molecule has 0 radical (unpaired) electrons. The summed E-state index contributed by atoms with van der Waals surface area (Å²) in [5, 5.41) is 0. The van der Waals surface area contributed by atoms with Crippen molar-refractivity contribution >= 4 is 11.4 Å². The van der Waals surface area contributed by atoms with Crippen LogP contribution in [0.2, 0.25) is 0 Å². The van der Waals surface area contributed by atoms with Crippen LogP contribution in [0.3, 0.4) is 0 Å². The first-order chi connectivity index (χ1) is 15.0. The molecular formula is C29H36N2. The van der Waals surface area contributed by atoms with Gasteiger partial charge in [-0.3, -0.25) is 0 Å². The standard InChI is InChI=1S/C29H36N2/c1-22(2)27-15-8-9-16-28(27)30-17-18-31(29(21-30)23(3)4)26-14-10-13-25(20-26)19-24-11-6-5-7-12-24/h5-16,20,22-23,29H,17-19,21H2,1-4H3. The van der Waals surface area contributed by atoms with Crippen LogP contribution in [0, 0.1) is 5.92 Å². The minimum Gasteiger partial charge on any atom is -0.367 e.